The molecule has 0 radical (unpaired) electrons. The summed E-state index contributed by atoms with van der Waals surface area (Å²) >= 11 is 0. The second-order valence-corrected chi connectivity index (χ2v) is 2.57. The van der Waals surface area contributed by atoms with Crippen molar-refractivity contribution in [1.29, 1.82) is 0 Å². The normalized spacial score (nSPS) is 12.0. The Bertz CT molecular complexity index is 358. The van der Waals surface area contributed by atoms with Crippen LogP contribution in [0.1, 0.15) is 5.56 Å². The first-order valence-electron chi connectivity index (χ1n) is 3.82. The predicted octanol–water partition coefficient (Wildman–Crippen LogP) is -1.10. The van der Waals surface area contributed by atoms with Crippen LogP contribution in [0.2, 0.25) is 0 Å². The molecule has 0 saturated heterocycles. The number of nitrogens with zero attached hydrogens (tertiary/aromatic N) is 3. The van der Waals surface area contributed by atoms with Gasteiger partial charge < -0.3 is 16.0 Å². The average Bonchev–Trinajstić information content (AvgIpc) is 2.09. The first-order valence-corrected chi connectivity index (χ1v) is 3.82. The summed E-state index contributed by atoms with van der Waals surface area (Å²) < 4.78 is 0. The highest BCUT2D eigenvalue weighted by Crippen LogP contribution is 1.99. The Labute approximate surface area is 74.9 Å². The van der Waals surface area contributed by atoms with Crippen LogP contribution in [0.5, 0.6) is 0 Å². The van der Waals surface area contributed by atoms with Crippen molar-refractivity contribution in [1.82, 2.24) is 9.94 Å². The monoisotopic (exact) mass is 184 g/mol. The van der Waals surface area contributed by atoms with E-state index in [0.717, 1.165) is 5.56 Å². The number of aryl methyl sites for hydroxylation is 1. The second kappa shape index (κ2) is 3.90. The molecule has 0 spiro atoms. The van der Waals surface area contributed by atoms with E-state index in [4.69, 9.17) is 10.8 Å². The lowest BCUT2D eigenvalue weighted by atomic mass is 10.3. The van der Waals surface area contributed by atoms with Gasteiger partial charge in [0.15, 0.2) is 11.3 Å². The summed E-state index contributed by atoms with van der Waals surface area (Å²) in [5, 5.41) is 21.3. The van der Waals surface area contributed by atoms with E-state index in [1.807, 2.05) is 0 Å². The van der Waals surface area contributed by atoms with Crippen LogP contribution in [-0.4, -0.2) is 33.4 Å². The number of hydrogen-bond acceptors (Lipinski definition) is 5. The fourth-order valence-electron chi connectivity index (χ4n) is 0.831. The molecule has 0 bridgehead atoms. The molecule has 72 valence electrons. The molecule has 4 N–H and O–H groups in total. The minimum Gasteiger partial charge on any atom is -0.410 e. The van der Waals surface area contributed by atoms with E-state index in [0.29, 0.717) is 4.85 Å². The molecule has 0 unspecified atom stereocenters. The summed E-state index contributed by atoms with van der Waals surface area (Å²) in [5.41, 5.74) is 6.45. The van der Waals surface area contributed by atoms with Crippen molar-refractivity contribution in [3.8, 4) is 0 Å². The first-order chi connectivity index (χ1) is 6.15. The fourth-order valence-corrected chi connectivity index (χ4v) is 0.831. The predicted molar refractivity (Wildman–Crippen MR) is 46.1 cm³/mol. The minimum atomic E-state index is -0.0660. The SMILES string of the molecule is Cc1cc(=NCCO)n(O)nc1N. The number of aromatic nitrogens is 2. The zero-order chi connectivity index (χ0) is 9.84. The molecule has 13 heavy (non-hydrogen) atoms. The summed E-state index contributed by atoms with van der Waals surface area (Å²) in [4.78, 5) is 4.47. The molecule has 0 amide bonds. The summed E-state index contributed by atoms with van der Waals surface area (Å²) in [6.07, 6.45) is 0. The zero-order valence-corrected chi connectivity index (χ0v) is 7.30. The van der Waals surface area contributed by atoms with Crippen LogP contribution in [0, 0.1) is 6.92 Å². The topological polar surface area (TPSA) is 96.7 Å². The largest absolute Gasteiger partial charge is 0.410 e. The molecule has 1 rings (SSSR count). The molecule has 0 aromatic carbocycles. The van der Waals surface area contributed by atoms with Crippen molar-refractivity contribution < 1.29 is 10.3 Å². The maximum absolute atomic E-state index is 9.19. The van der Waals surface area contributed by atoms with Gasteiger partial charge in [0.2, 0.25) is 0 Å². The Morgan fingerprint density at radius 1 is 1.69 bits per heavy atom. The van der Waals surface area contributed by atoms with Gasteiger partial charge in [0.1, 0.15) is 0 Å². The number of nitrogen functional groups attached to an aromatic ring is 1. The molecular weight excluding hydrogens is 172 g/mol. The Morgan fingerprint density at radius 2 is 2.38 bits per heavy atom. The van der Waals surface area contributed by atoms with Gasteiger partial charge in [-0.1, -0.05) is 4.85 Å². The van der Waals surface area contributed by atoms with Gasteiger partial charge in [-0.05, 0) is 18.6 Å². The van der Waals surface area contributed by atoms with Crippen LogP contribution >= 0.6 is 0 Å². The highest BCUT2D eigenvalue weighted by atomic mass is 16.5. The van der Waals surface area contributed by atoms with E-state index in [-0.39, 0.29) is 24.5 Å². The summed E-state index contributed by atoms with van der Waals surface area (Å²) in [7, 11) is 0. The van der Waals surface area contributed by atoms with Crippen molar-refractivity contribution >= 4 is 5.82 Å². The molecule has 0 aliphatic heterocycles. The molecule has 0 saturated carbocycles. The van der Waals surface area contributed by atoms with Crippen LogP contribution < -0.4 is 11.2 Å². The minimum absolute atomic E-state index is 0.0660. The summed E-state index contributed by atoms with van der Waals surface area (Å²) in [5.74, 6) is 0.255. The maximum Gasteiger partial charge on any atom is 0.185 e. The molecule has 0 atom stereocenters. The molecule has 0 aliphatic rings. The smallest absolute Gasteiger partial charge is 0.185 e. The van der Waals surface area contributed by atoms with Crippen molar-refractivity contribution in [2.24, 2.45) is 4.99 Å². The van der Waals surface area contributed by atoms with Crippen molar-refractivity contribution in [2.75, 3.05) is 18.9 Å². The van der Waals surface area contributed by atoms with Gasteiger partial charge in [-0.15, -0.1) is 5.10 Å². The van der Waals surface area contributed by atoms with E-state index in [9.17, 15) is 5.21 Å². The number of nitrogens with two attached hydrogens (primary N) is 1. The number of anilines is 1. The van der Waals surface area contributed by atoms with Crippen LogP contribution in [0.4, 0.5) is 5.82 Å². The van der Waals surface area contributed by atoms with E-state index in [2.05, 4.69) is 10.1 Å². The first kappa shape index (κ1) is 9.53. The molecule has 1 aromatic heterocycles. The van der Waals surface area contributed by atoms with E-state index in [1.165, 1.54) is 0 Å². The lowest BCUT2D eigenvalue weighted by Crippen LogP contribution is -2.24. The van der Waals surface area contributed by atoms with Crippen LogP contribution in [0.15, 0.2) is 11.1 Å². The van der Waals surface area contributed by atoms with Crippen molar-refractivity contribution in [3.05, 3.63) is 17.1 Å². The van der Waals surface area contributed by atoms with Gasteiger partial charge in [0, 0.05) is 0 Å². The van der Waals surface area contributed by atoms with Gasteiger partial charge in [-0.2, -0.15) is 0 Å². The van der Waals surface area contributed by atoms with Gasteiger partial charge in [0.25, 0.3) is 0 Å². The van der Waals surface area contributed by atoms with Gasteiger partial charge >= 0.3 is 0 Å². The highest BCUT2D eigenvalue weighted by Gasteiger charge is 1.97. The maximum atomic E-state index is 9.19. The van der Waals surface area contributed by atoms with Crippen molar-refractivity contribution in [3.63, 3.8) is 0 Å². The zero-order valence-electron chi connectivity index (χ0n) is 7.30. The third kappa shape index (κ3) is 2.19. The number of aliphatic hydroxyl groups is 1. The molecular formula is C7H12N4O2. The Morgan fingerprint density at radius 3 is 3.00 bits per heavy atom. The molecule has 0 aliphatic carbocycles. The van der Waals surface area contributed by atoms with Gasteiger partial charge in [0.05, 0.1) is 13.2 Å². The third-order valence-electron chi connectivity index (χ3n) is 1.53. The van der Waals surface area contributed by atoms with Crippen LogP contribution in [-0.2, 0) is 0 Å². The molecule has 1 aromatic rings. The molecule has 6 heteroatoms. The third-order valence-corrected chi connectivity index (χ3v) is 1.53. The van der Waals surface area contributed by atoms with Gasteiger partial charge in [-0.25, -0.2) is 0 Å². The molecule has 0 fully saturated rings. The van der Waals surface area contributed by atoms with E-state index in [1.54, 1.807) is 13.0 Å². The highest BCUT2D eigenvalue weighted by molar-refractivity contribution is 5.34. The number of aliphatic hydroxyl groups excluding tert-OH is 1. The van der Waals surface area contributed by atoms with Gasteiger partial charge in [-0.3, -0.25) is 4.99 Å². The Balaban J connectivity index is 3.15. The lowest BCUT2D eigenvalue weighted by molar-refractivity contribution is 0.131. The lowest BCUT2D eigenvalue weighted by Gasteiger charge is -2.01. The quantitative estimate of drug-likeness (QED) is 0.508. The van der Waals surface area contributed by atoms with E-state index >= 15 is 0 Å². The molecule has 6 nitrogen and oxygen atoms in total. The summed E-state index contributed by atoms with van der Waals surface area (Å²) in [6, 6.07) is 1.60. The fraction of sp³-hybridized carbons (Fsp3) is 0.429. The Hall–Kier alpha value is -1.56. The van der Waals surface area contributed by atoms with Crippen molar-refractivity contribution in [2.45, 2.75) is 6.92 Å². The van der Waals surface area contributed by atoms with E-state index < -0.39 is 0 Å². The van der Waals surface area contributed by atoms with Crippen LogP contribution in [0.3, 0.4) is 0 Å². The average molecular weight is 184 g/mol. The van der Waals surface area contributed by atoms with Crippen LogP contribution in [0.25, 0.3) is 0 Å². The standard InChI is InChI=1S/C7H12N4O2/c1-5-4-6(9-2-3-12)11(13)10-7(5)8/h4,12-13H,2-3H2,1H3,(H2,8,10). The molecule has 1 heterocycles. The number of rotatable bonds is 2. The number of hydrogen-bond donors (Lipinski definition) is 3. The summed E-state index contributed by atoms with van der Waals surface area (Å²) in [6.45, 7) is 1.93. The second-order valence-electron chi connectivity index (χ2n) is 2.57. The Kier molecular flexibility index (Phi) is 2.86.